The van der Waals surface area contributed by atoms with Gasteiger partial charge in [-0.25, -0.2) is 4.79 Å². The highest BCUT2D eigenvalue weighted by molar-refractivity contribution is 5.74. The summed E-state index contributed by atoms with van der Waals surface area (Å²) in [4.78, 5) is 25.2. The summed E-state index contributed by atoms with van der Waals surface area (Å²) in [6, 6.07) is 0.846. The van der Waals surface area contributed by atoms with Crippen LogP contribution in [0, 0.1) is 0 Å². The van der Waals surface area contributed by atoms with E-state index in [0.29, 0.717) is 13.1 Å². The summed E-state index contributed by atoms with van der Waals surface area (Å²) in [5.41, 5.74) is 0. The van der Waals surface area contributed by atoms with Crippen molar-refractivity contribution in [2.75, 3.05) is 26.2 Å². The van der Waals surface area contributed by atoms with Crippen molar-refractivity contribution in [1.29, 1.82) is 0 Å². The number of carbonyl (C=O) groups is 2. The molecule has 0 aromatic carbocycles. The average Bonchev–Trinajstić information content (AvgIpc) is 2.52. The highest BCUT2D eigenvalue weighted by atomic mass is 16.2. The lowest BCUT2D eigenvalue weighted by atomic mass is 9.92. The molecule has 6 nitrogen and oxygen atoms in total. The maximum absolute atomic E-state index is 11.9. The number of piperidine rings is 1. The molecular weight excluding hydrogens is 280 g/mol. The van der Waals surface area contributed by atoms with E-state index < -0.39 is 0 Å². The second kappa shape index (κ2) is 8.98. The van der Waals surface area contributed by atoms with E-state index in [2.05, 4.69) is 20.9 Å². The lowest BCUT2D eigenvalue weighted by Crippen LogP contribution is -2.53. The Hall–Kier alpha value is -1.30. The molecule has 1 aliphatic carbocycles. The molecular formula is C16H30N4O2. The summed E-state index contributed by atoms with van der Waals surface area (Å²) in [6.45, 7) is 4.56. The van der Waals surface area contributed by atoms with Crippen molar-refractivity contribution in [3.63, 3.8) is 0 Å². The van der Waals surface area contributed by atoms with Crippen LogP contribution in [0.3, 0.4) is 0 Å². The van der Waals surface area contributed by atoms with Gasteiger partial charge in [-0.2, -0.15) is 0 Å². The third-order valence-corrected chi connectivity index (χ3v) is 4.66. The number of nitrogens with one attached hydrogen (secondary N) is 3. The monoisotopic (exact) mass is 310 g/mol. The lowest BCUT2D eigenvalue weighted by molar-refractivity contribution is -0.118. The van der Waals surface area contributed by atoms with Crippen molar-refractivity contribution in [2.24, 2.45) is 0 Å². The van der Waals surface area contributed by atoms with Crippen molar-refractivity contribution in [1.82, 2.24) is 20.9 Å². The van der Waals surface area contributed by atoms with Crippen molar-refractivity contribution in [2.45, 2.75) is 64.0 Å². The van der Waals surface area contributed by atoms with Crippen LogP contribution >= 0.6 is 0 Å². The van der Waals surface area contributed by atoms with E-state index in [9.17, 15) is 9.59 Å². The van der Waals surface area contributed by atoms with Crippen LogP contribution in [-0.4, -0.2) is 55.1 Å². The number of amides is 3. The third kappa shape index (κ3) is 5.83. The van der Waals surface area contributed by atoms with Gasteiger partial charge in [0.2, 0.25) is 5.91 Å². The van der Waals surface area contributed by atoms with Crippen LogP contribution in [0.2, 0.25) is 0 Å². The molecule has 126 valence electrons. The van der Waals surface area contributed by atoms with Crippen molar-refractivity contribution >= 4 is 11.9 Å². The molecule has 0 spiro atoms. The first-order valence-corrected chi connectivity index (χ1v) is 8.68. The molecule has 2 fully saturated rings. The van der Waals surface area contributed by atoms with Gasteiger partial charge in [-0.05, 0) is 32.2 Å². The molecule has 0 aromatic heterocycles. The molecule has 1 atom stereocenters. The predicted molar refractivity (Wildman–Crippen MR) is 86.7 cm³/mol. The van der Waals surface area contributed by atoms with Crippen LogP contribution in [0.4, 0.5) is 4.79 Å². The first kappa shape index (κ1) is 17.1. The number of rotatable bonds is 5. The number of carbonyl (C=O) groups excluding carboxylic acids is 2. The summed E-state index contributed by atoms with van der Waals surface area (Å²) in [6.07, 6.45) is 8.93. The van der Waals surface area contributed by atoms with Gasteiger partial charge >= 0.3 is 6.03 Å². The van der Waals surface area contributed by atoms with Gasteiger partial charge in [0.25, 0.3) is 0 Å². The number of urea groups is 1. The van der Waals surface area contributed by atoms with Gasteiger partial charge in [-0.1, -0.05) is 19.3 Å². The molecule has 22 heavy (non-hydrogen) atoms. The standard InChI is InChI=1S/C16H30N4O2/c1-13(21)17-9-10-18-16(22)19-14-6-5-11-20(12-14)15-7-3-2-4-8-15/h14-15H,2-12H2,1H3,(H,17,21)(H2,18,19,22)/t14-/m0/s1. The van der Waals surface area contributed by atoms with Crippen LogP contribution in [0.25, 0.3) is 0 Å². The van der Waals surface area contributed by atoms with E-state index in [0.717, 1.165) is 25.4 Å². The Labute approximate surface area is 133 Å². The Balaban J connectivity index is 1.66. The van der Waals surface area contributed by atoms with Gasteiger partial charge in [-0.3, -0.25) is 9.69 Å². The van der Waals surface area contributed by atoms with Crippen LogP contribution in [-0.2, 0) is 4.79 Å². The summed E-state index contributed by atoms with van der Waals surface area (Å²) in [5, 5.41) is 8.53. The summed E-state index contributed by atoms with van der Waals surface area (Å²) in [7, 11) is 0. The Bertz CT molecular complexity index is 369. The molecule has 2 rings (SSSR count). The number of likely N-dealkylation sites (tertiary alicyclic amines) is 1. The van der Waals surface area contributed by atoms with Crippen molar-refractivity contribution < 1.29 is 9.59 Å². The fraction of sp³-hybridized carbons (Fsp3) is 0.875. The fourth-order valence-electron chi connectivity index (χ4n) is 3.55. The van der Waals surface area contributed by atoms with Gasteiger partial charge in [0.15, 0.2) is 0 Å². The average molecular weight is 310 g/mol. The molecule has 0 bridgehead atoms. The van der Waals surface area contributed by atoms with E-state index in [1.807, 2.05) is 0 Å². The number of hydrogen-bond acceptors (Lipinski definition) is 3. The zero-order valence-corrected chi connectivity index (χ0v) is 13.7. The molecule has 0 radical (unpaired) electrons. The molecule has 3 amide bonds. The van der Waals surface area contributed by atoms with Crippen molar-refractivity contribution in [3.8, 4) is 0 Å². The molecule has 1 aliphatic heterocycles. The van der Waals surface area contributed by atoms with E-state index >= 15 is 0 Å². The van der Waals surface area contributed by atoms with E-state index in [-0.39, 0.29) is 18.0 Å². The van der Waals surface area contributed by atoms with Crippen LogP contribution < -0.4 is 16.0 Å². The Morgan fingerprint density at radius 2 is 1.73 bits per heavy atom. The van der Waals surface area contributed by atoms with Gasteiger partial charge in [0.1, 0.15) is 0 Å². The smallest absolute Gasteiger partial charge is 0.315 e. The van der Waals surface area contributed by atoms with E-state index in [1.54, 1.807) is 0 Å². The van der Waals surface area contributed by atoms with Crippen LogP contribution in [0.15, 0.2) is 0 Å². The second-order valence-electron chi connectivity index (χ2n) is 6.51. The van der Waals surface area contributed by atoms with Crippen LogP contribution in [0.5, 0.6) is 0 Å². The normalized spacial score (nSPS) is 23.8. The predicted octanol–water partition coefficient (Wildman–Crippen LogP) is 1.22. The maximum atomic E-state index is 11.9. The third-order valence-electron chi connectivity index (χ3n) is 4.66. The topological polar surface area (TPSA) is 73.5 Å². The number of nitrogens with zero attached hydrogens (tertiary/aromatic N) is 1. The zero-order valence-electron chi connectivity index (χ0n) is 13.7. The highest BCUT2D eigenvalue weighted by Gasteiger charge is 2.27. The maximum Gasteiger partial charge on any atom is 0.315 e. The highest BCUT2D eigenvalue weighted by Crippen LogP contribution is 2.25. The number of hydrogen-bond donors (Lipinski definition) is 3. The quantitative estimate of drug-likeness (QED) is 0.669. The van der Waals surface area contributed by atoms with Gasteiger partial charge in [0, 0.05) is 38.6 Å². The van der Waals surface area contributed by atoms with Gasteiger partial charge in [-0.15, -0.1) is 0 Å². The molecule has 1 heterocycles. The Kier molecular flexibility index (Phi) is 6.96. The molecule has 1 saturated carbocycles. The minimum Gasteiger partial charge on any atom is -0.355 e. The minimum absolute atomic E-state index is 0.0717. The van der Waals surface area contributed by atoms with Crippen LogP contribution in [0.1, 0.15) is 51.9 Å². The fourth-order valence-corrected chi connectivity index (χ4v) is 3.55. The van der Waals surface area contributed by atoms with Gasteiger partial charge < -0.3 is 16.0 Å². The zero-order chi connectivity index (χ0) is 15.8. The Morgan fingerprint density at radius 3 is 2.45 bits per heavy atom. The molecule has 1 saturated heterocycles. The summed E-state index contributed by atoms with van der Waals surface area (Å²) in [5.74, 6) is -0.0717. The SMILES string of the molecule is CC(=O)NCCNC(=O)N[C@H]1CCCN(C2CCCCC2)C1. The van der Waals surface area contributed by atoms with E-state index in [1.165, 1.54) is 45.6 Å². The largest absolute Gasteiger partial charge is 0.355 e. The molecule has 3 N–H and O–H groups in total. The van der Waals surface area contributed by atoms with E-state index in [4.69, 9.17) is 0 Å². The Morgan fingerprint density at radius 1 is 1.00 bits per heavy atom. The first-order chi connectivity index (χ1) is 10.6. The van der Waals surface area contributed by atoms with Gasteiger partial charge in [0.05, 0.1) is 0 Å². The summed E-state index contributed by atoms with van der Waals surface area (Å²) >= 11 is 0. The molecule has 2 aliphatic rings. The minimum atomic E-state index is -0.124. The molecule has 0 aromatic rings. The first-order valence-electron chi connectivity index (χ1n) is 8.68. The molecule has 6 heteroatoms. The lowest BCUT2D eigenvalue weighted by Gasteiger charge is -2.40. The summed E-state index contributed by atoms with van der Waals surface area (Å²) < 4.78 is 0. The van der Waals surface area contributed by atoms with Crippen molar-refractivity contribution in [3.05, 3.63) is 0 Å². The second-order valence-corrected chi connectivity index (χ2v) is 6.51. The molecule has 0 unspecified atom stereocenters.